The Hall–Kier alpha value is -2.47. The molecule has 1 aromatic carbocycles. The van der Waals surface area contributed by atoms with E-state index in [1.165, 1.54) is 6.08 Å². The summed E-state index contributed by atoms with van der Waals surface area (Å²) in [6.45, 7) is 6.07. The summed E-state index contributed by atoms with van der Waals surface area (Å²) in [4.78, 5) is 30.0. The fraction of sp³-hybridized carbons (Fsp3) is 0.278. The van der Waals surface area contributed by atoms with Crippen LogP contribution >= 0.6 is 11.3 Å². The summed E-state index contributed by atoms with van der Waals surface area (Å²) in [5.41, 5.74) is 3.53. The summed E-state index contributed by atoms with van der Waals surface area (Å²) in [5, 5.41) is 5.90. The van der Waals surface area contributed by atoms with Crippen LogP contribution in [-0.4, -0.2) is 16.8 Å². The van der Waals surface area contributed by atoms with E-state index >= 15 is 0 Å². The second-order valence-electron chi connectivity index (χ2n) is 5.60. The van der Waals surface area contributed by atoms with Gasteiger partial charge in [-0.15, -0.1) is 11.3 Å². The third kappa shape index (κ3) is 3.38. The predicted molar refractivity (Wildman–Crippen MR) is 96.3 cm³/mol. The number of rotatable bonds is 5. The Morgan fingerprint density at radius 3 is 3.00 bits per heavy atom. The van der Waals surface area contributed by atoms with Gasteiger partial charge in [0.15, 0.2) is 0 Å². The van der Waals surface area contributed by atoms with Crippen LogP contribution in [0.25, 0.3) is 0 Å². The number of thiazole rings is 1. The average molecular weight is 341 g/mol. The van der Waals surface area contributed by atoms with Gasteiger partial charge in [-0.1, -0.05) is 13.5 Å². The first-order valence-corrected chi connectivity index (χ1v) is 8.78. The van der Waals surface area contributed by atoms with Gasteiger partial charge in [0.1, 0.15) is 0 Å². The van der Waals surface area contributed by atoms with Gasteiger partial charge < -0.3 is 10.2 Å². The molecular weight excluding hydrogens is 322 g/mol. The van der Waals surface area contributed by atoms with Crippen LogP contribution in [-0.2, 0) is 29.0 Å². The number of amides is 2. The van der Waals surface area contributed by atoms with Crippen LogP contribution in [0.4, 0.5) is 11.4 Å². The maximum Gasteiger partial charge on any atom is 0.250 e. The van der Waals surface area contributed by atoms with E-state index in [1.54, 1.807) is 16.2 Å². The van der Waals surface area contributed by atoms with Gasteiger partial charge in [0.2, 0.25) is 5.91 Å². The van der Waals surface area contributed by atoms with Crippen LogP contribution in [0.3, 0.4) is 0 Å². The molecule has 0 atom stereocenters. The van der Waals surface area contributed by atoms with Gasteiger partial charge >= 0.3 is 0 Å². The lowest BCUT2D eigenvalue weighted by atomic mass is 10.0. The molecule has 0 saturated carbocycles. The number of hydrogen-bond acceptors (Lipinski definition) is 4. The molecule has 3 rings (SSSR count). The molecule has 1 aliphatic heterocycles. The molecule has 5 nitrogen and oxygen atoms in total. The van der Waals surface area contributed by atoms with E-state index < -0.39 is 0 Å². The van der Waals surface area contributed by atoms with Crippen LogP contribution in [0.5, 0.6) is 0 Å². The molecule has 1 aromatic heterocycles. The van der Waals surface area contributed by atoms with Gasteiger partial charge in [-0.2, -0.15) is 0 Å². The van der Waals surface area contributed by atoms with Gasteiger partial charge in [0.05, 0.1) is 17.2 Å². The Bertz CT molecular complexity index is 797. The number of anilines is 2. The van der Waals surface area contributed by atoms with Crippen LogP contribution in [0.15, 0.2) is 36.2 Å². The van der Waals surface area contributed by atoms with Crippen molar-refractivity contribution in [1.82, 2.24) is 4.98 Å². The molecule has 0 aliphatic carbocycles. The zero-order valence-corrected chi connectivity index (χ0v) is 14.4. The van der Waals surface area contributed by atoms with E-state index in [9.17, 15) is 9.59 Å². The molecule has 1 aliphatic rings. The zero-order valence-electron chi connectivity index (χ0n) is 13.5. The SMILES string of the molecule is C=CC(=O)N(Cc1csc(CC)n1)c1ccc2c(c1)CCC(=O)N2. The van der Waals surface area contributed by atoms with Crippen molar-refractivity contribution < 1.29 is 9.59 Å². The normalized spacial score (nSPS) is 13.1. The largest absolute Gasteiger partial charge is 0.326 e. The minimum atomic E-state index is -0.166. The second-order valence-corrected chi connectivity index (χ2v) is 6.55. The van der Waals surface area contributed by atoms with Crippen molar-refractivity contribution >= 4 is 34.5 Å². The van der Waals surface area contributed by atoms with Crippen molar-refractivity contribution in [3.05, 3.63) is 52.5 Å². The number of carbonyl (C=O) groups excluding carboxylic acids is 2. The highest BCUT2D eigenvalue weighted by Crippen LogP contribution is 2.28. The second kappa shape index (κ2) is 6.97. The third-order valence-electron chi connectivity index (χ3n) is 3.96. The van der Waals surface area contributed by atoms with Crippen molar-refractivity contribution in [3.8, 4) is 0 Å². The van der Waals surface area contributed by atoms with Crippen LogP contribution in [0, 0.1) is 0 Å². The first-order chi connectivity index (χ1) is 11.6. The van der Waals surface area contributed by atoms with E-state index in [1.807, 2.05) is 23.6 Å². The lowest BCUT2D eigenvalue weighted by Gasteiger charge is -2.24. The summed E-state index contributed by atoms with van der Waals surface area (Å²) in [6.07, 6.45) is 3.35. The molecule has 1 N–H and O–H groups in total. The molecule has 6 heteroatoms. The molecule has 0 unspecified atom stereocenters. The lowest BCUT2D eigenvalue weighted by Crippen LogP contribution is -2.29. The molecule has 0 bridgehead atoms. The first kappa shape index (κ1) is 16.4. The first-order valence-electron chi connectivity index (χ1n) is 7.90. The summed E-state index contributed by atoms with van der Waals surface area (Å²) < 4.78 is 0. The minimum Gasteiger partial charge on any atom is -0.326 e. The molecule has 24 heavy (non-hydrogen) atoms. The van der Waals surface area contributed by atoms with Crippen LogP contribution in [0.1, 0.15) is 29.6 Å². The molecule has 0 saturated heterocycles. The third-order valence-corrected chi connectivity index (χ3v) is 5.00. The van der Waals surface area contributed by atoms with Crippen molar-refractivity contribution in [3.63, 3.8) is 0 Å². The van der Waals surface area contributed by atoms with E-state index in [2.05, 4.69) is 23.8 Å². The Labute approximate surface area is 145 Å². The van der Waals surface area contributed by atoms with E-state index in [0.29, 0.717) is 19.4 Å². The molecule has 0 spiro atoms. The van der Waals surface area contributed by atoms with Crippen molar-refractivity contribution in [2.45, 2.75) is 32.7 Å². The maximum atomic E-state index is 12.3. The van der Waals surface area contributed by atoms with Crippen molar-refractivity contribution in [1.29, 1.82) is 0 Å². The summed E-state index contributed by atoms with van der Waals surface area (Å²) >= 11 is 1.61. The summed E-state index contributed by atoms with van der Waals surface area (Å²) in [7, 11) is 0. The van der Waals surface area contributed by atoms with Gasteiger partial charge in [-0.3, -0.25) is 9.59 Å². The molecule has 124 valence electrons. The van der Waals surface area contributed by atoms with Gasteiger partial charge in [-0.25, -0.2) is 4.98 Å². The highest BCUT2D eigenvalue weighted by atomic mass is 32.1. The Morgan fingerprint density at radius 1 is 1.46 bits per heavy atom. The van der Waals surface area contributed by atoms with Crippen LogP contribution < -0.4 is 10.2 Å². The molecular formula is C18H19N3O2S. The molecule has 2 amide bonds. The Balaban J connectivity index is 1.90. The maximum absolute atomic E-state index is 12.3. The van der Waals surface area contributed by atoms with Crippen molar-refractivity contribution in [2.24, 2.45) is 0 Å². The molecule has 2 heterocycles. The topological polar surface area (TPSA) is 62.3 Å². The van der Waals surface area contributed by atoms with Crippen molar-refractivity contribution in [2.75, 3.05) is 10.2 Å². The smallest absolute Gasteiger partial charge is 0.250 e. The van der Waals surface area contributed by atoms with E-state index in [-0.39, 0.29) is 11.8 Å². The number of hydrogen-bond donors (Lipinski definition) is 1. The predicted octanol–water partition coefficient (Wildman–Crippen LogP) is 3.31. The quantitative estimate of drug-likeness (QED) is 0.849. The molecule has 0 radical (unpaired) electrons. The number of carbonyl (C=O) groups is 2. The highest BCUT2D eigenvalue weighted by molar-refractivity contribution is 7.09. The lowest BCUT2D eigenvalue weighted by molar-refractivity contribution is -0.116. The Morgan fingerprint density at radius 2 is 2.29 bits per heavy atom. The number of benzene rings is 1. The average Bonchev–Trinajstić information content (AvgIpc) is 3.06. The standard InChI is InChI=1S/C18H19N3O2S/c1-3-17-19-13(11-24-17)10-21(18(23)4-2)14-6-7-15-12(9-14)5-8-16(22)20-15/h4,6-7,9,11H,2-3,5,8,10H2,1H3,(H,20,22). The number of nitrogens with zero attached hydrogens (tertiary/aromatic N) is 2. The fourth-order valence-electron chi connectivity index (χ4n) is 2.69. The summed E-state index contributed by atoms with van der Waals surface area (Å²) in [6, 6.07) is 5.66. The van der Waals surface area contributed by atoms with Crippen LogP contribution in [0.2, 0.25) is 0 Å². The molecule has 0 fully saturated rings. The van der Waals surface area contributed by atoms with Gasteiger partial charge in [0, 0.05) is 23.2 Å². The number of aromatic nitrogens is 1. The minimum absolute atomic E-state index is 0.0313. The highest BCUT2D eigenvalue weighted by Gasteiger charge is 2.19. The molecule has 2 aromatic rings. The fourth-order valence-corrected chi connectivity index (χ4v) is 3.43. The van der Waals surface area contributed by atoms with Gasteiger partial charge in [-0.05, 0) is 42.7 Å². The van der Waals surface area contributed by atoms with E-state index in [0.717, 1.165) is 34.1 Å². The van der Waals surface area contributed by atoms with E-state index in [4.69, 9.17) is 0 Å². The van der Waals surface area contributed by atoms with Gasteiger partial charge in [0.25, 0.3) is 5.91 Å². The Kier molecular flexibility index (Phi) is 4.76. The number of nitrogens with one attached hydrogen (secondary N) is 1. The zero-order chi connectivity index (χ0) is 17.1. The summed E-state index contributed by atoms with van der Waals surface area (Å²) in [5.74, 6) is -0.135. The number of aryl methyl sites for hydroxylation is 2. The monoisotopic (exact) mass is 341 g/mol. The number of fused-ring (bicyclic) bond motifs is 1.